The predicted octanol–water partition coefficient (Wildman–Crippen LogP) is 7.86. The van der Waals surface area contributed by atoms with Gasteiger partial charge in [-0.1, -0.05) is 36.4 Å². The molecule has 0 fully saturated rings. The van der Waals surface area contributed by atoms with Crippen molar-refractivity contribution >= 4 is 23.2 Å². The number of anilines is 2. The lowest BCUT2D eigenvalue weighted by molar-refractivity contribution is -0.137. The maximum atomic E-state index is 14.8. The molecule has 45 heavy (non-hydrogen) atoms. The van der Waals surface area contributed by atoms with Gasteiger partial charge in [0.2, 0.25) is 6.35 Å². The van der Waals surface area contributed by atoms with Gasteiger partial charge in [0.25, 0.3) is 0 Å². The quantitative estimate of drug-likeness (QED) is 0.176. The lowest BCUT2D eigenvalue weighted by atomic mass is 9.95. The van der Waals surface area contributed by atoms with Gasteiger partial charge in [-0.25, -0.2) is 14.2 Å². The Morgan fingerprint density at radius 2 is 1.71 bits per heavy atom. The van der Waals surface area contributed by atoms with Crippen LogP contribution in [0.5, 0.6) is 5.75 Å². The predicted molar refractivity (Wildman–Crippen MR) is 164 cm³/mol. The Balaban J connectivity index is 1.35. The van der Waals surface area contributed by atoms with Gasteiger partial charge in [0.15, 0.2) is 0 Å². The van der Waals surface area contributed by atoms with E-state index in [1.807, 2.05) is 31.2 Å². The maximum absolute atomic E-state index is 14.8. The molecule has 1 aliphatic heterocycles. The number of aryl methyl sites for hydroxylation is 2. The number of ether oxygens (including phenoxy) is 1. The number of hydrogen-bond acceptors (Lipinski definition) is 6. The van der Waals surface area contributed by atoms with Crippen LogP contribution in [-0.2, 0) is 12.6 Å². The lowest BCUT2D eigenvalue weighted by Gasteiger charge is -2.28. The molecule has 11 heteroatoms. The summed E-state index contributed by atoms with van der Waals surface area (Å²) in [6.07, 6.45) is -4.46. The highest BCUT2D eigenvalue weighted by Crippen LogP contribution is 2.35. The topological polar surface area (TPSA) is 85.6 Å². The second-order valence-corrected chi connectivity index (χ2v) is 10.5. The first-order valence-corrected chi connectivity index (χ1v) is 14.3. The van der Waals surface area contributed by atoms with Gasteiger partial charge in [0, 0.05) is 6.42 Å². The number of halogens is 4. The van der Waals surface area contributed by atoms with E-state index < -0.39 is 29.9 Å². The van der Waals surface area contributed by atoms with E-state index in [9.17, 15) is 32.6 Å². The Morgan fingerprint density at radius 1 is 0.978 bits per heavy atom. The van der Waals surface area contributed by atoms with Gasteiger partial charge >= 0.3 is 12.1 Å². The van der Waals surface area contributed by atoms with Crippen molar-refractivity contribution in [2.45, 2.75) is 45.6 Å². The number of alkyl halides is 3. The van der Waals surface area contributed by atoms with Crippen LogP contribution in [0.15, 0.2) is 90.0 Å². The summed E-state index contributed by atoms with van der Waals surface area (Å²) in [6.45, 7) is 4.08. The number of aliphatic hydroxyl groups excluding tert-OH is 1. The van der Waals surface area contributed by atoms with Crippen LogP contribution in [-0.4, -0.2) is 35.0 Å². The molecule has 1 heterocycles. The fraction of sp³-hybridized carbons (Fsp3) is 0.235. The van der Waals surface area contributed by atoms with Crippen molar-refractivity contribution in [3.8, 4) is 16.9 Å². The van der Waals surface area contributed by atoms with E-state index in [0.717, 1.165) is 34.4 Å². The fourth-order valence-corrected chi connectivity index (χ4v) is 5.34. The SMILES string of the molecule is CCOc1ccc(-c2ccc(CCCC3=NN(c4ccc(C(F)(F)F)cc4)C(O)N3c3ccccc3F)cc2C)cc1C(=O)O. The molecule has 1 unspecified atom stereocenters. The van der Waals surface area contributed by atoms with Crippen LogP contribution in [0.4, 0.5) is 28.9 Å². The summed E-state index contributed by atoms with van der Waals surface area (Å²) in [5.74, 6) is -0.985. The molecule has 0 saturated heterocycles. The summed E-state index contributed by atoms with van der Waals surface area (Å²) >= 11 is 0. The Bertz CT molecular complexity index is 1720. The van der Waals surface area contributed by atoms with Crippen molar-refractivity contribution < 1.29 is 37.3 Å². The molecule has 0 amide bonds. The van der Waals surface area contributed by atoms with Gasteiger partial charge in [-0.3, -0.25) is 4.90 Å². The molecule has 4 aromatic carbocycles. The second kappa shape index (κ2) is 13.0. The van der Waals surface area contributed by atoms with Crippen LogP contribution < -0.4 is 14.6 Å². The van der Waals surface area contributed by atoms with Crippen molar-refractivity contribution in [2.24, 2.45) is 5.10 Å². The second-order valence-electron chi connectivity index (χ2n) is 10.5. The fourth-order valence-electron chi connectivity index (χ4n) is 5.34. The van der Waals surface area contributed by atoms with Gasteiger partial charge in [-0.15, -0.1) is 0 Å². The van der Waals surface area contributed by atoms with E-state index in [1.54, 1.807) is 25.1 Å². The first-order chi connectivity index (χ1) is 21.5. The number of hydrogen-bond donors (Lipinski definition) is 2. The minimum absolute atomic E-state index is 0.0853. The number of rotatable bonds is 10. The van der Waals surface area contributed by atoms with Gasteiger partial charge in [0.1, 0.15) is 23.0 Å². The van der Waals surface area contributed by atoms with Gasteiger partial charge in [-0.2, -0.15) is 18.3 Å². The number of carbonyl (C=O) groups is 1. The van der Waals surface area contributed by atoms with Crippen molar-refractivity contribution in [1.82, 2.24) is 0 Å². The molecule has 234 valence electrons. The zero-order chi connectivity index (χ0) is 32.3. The molecule has 1 atom stereocenters. The first-order valence-electron chi connectivity index (χ1n) is 14.3. The van der Waals surface area contributed by atoms with Crippen molar-refractivity contribution in [2.75, 3.05) is 16.5 Å². The van der Waals surface area contributed by atoms with Crippen LogP contribution in [0.1, 0.15) is 46.8 Å². The van der Waals surface area contributed by atoms with E-state index in [1.165, 1.54) is 40.2 Å². The first kappa shape index (κ1) is 31.5. The molecule has 2 N–H and O–H groups in total. The Morgan fingerprint density at radius 3 is 2.36 bits per heavy atom. The summed E-state index contributed by atoms with van der Waals surface area (Å²) in [7, 11) is 0. The van der Waals surface area contributed by atoms with Crippen molar-refractivity contribution in [3.63, 3.8) is 0 Å². The smallest absolute Gasteiger partial charge is 0.416 e. The number of nitrogens with zero attached hydrogens (tertiary/aromatic N) is 3. The number of carboxylic acids is 1. The van der Waals surface area contributed by atoms with Crippen molar-refractivity contribution in [3.05, 3.63) is 113 Å². The van der Waals surface area contributed by atoms with E-state index in [-0.39, 0.29) is 16.9 Å². The van der Waals surface area contributed by atoms with Crippen LogP contribution in [0.3, 0.4) is 0 Å². The number of benzene rings is 4. The molecule has 0 radical (unpaired) electrons. The molecule has 0 spiro atoms. The molecule has 0 aliphatic carbocycles. The third kappa shape index (κ3) is 6.78. The molecular formula is C34H31F4N3O4. The molecule has 7 nitrogen and oxygen atoms in total. The van der Waals surface area contributed by atoms with Crippen LogP contribution in [0.25, 0.3) is 11.1 Å². The number of carboxylic acid groups (broad SMARTS) is 1. The van der Waals surface area contributed by atoms with E-state index >= 15 is 0 Å². The minimum atomic E-state index is -4.51. The van der Waals surface area contributed by atoms with Crippen LogP contribution in [0, 0.1) is 12.7 Å². The summed E-state index contributed by atoms with van der Waals surface area (Å²) in [5.41, 5.74) is 3.15. The zero-order valence-corrected chi connectivity index (χ0v) is 24.6. The Kier molecular flexibility index (Phi) is 9.10. The summed E-state index contributed by atoms with van der Waals surface area (Å²) in [4.78, 5) is 13.1. The third-order valence-corrected chi connectivity index (χ3v) is 7.50. The highest BCUT2D eigenvalue weighted by Gasteiger charge is 2.36. The van der Waals surface area contributed by atoms with Crippen molar-refractivity contribution in [1.29, 1.82) is 0 Å². The monoisotopic (exact) mass is 621 g/mol. The molecule has 0 aromatic heterocycles. The molecule has 0 bridgehead atoms. The molecule has 1 aliphatic rings. The van der Waals surface area contributed by atoms with E-state index in [4.69, 9.17) is 4.74 Å². The molecule has 5 rings (SSSR count). The van der Waals surface area contributed by atoms with Gasteiger partial charge in [0.05, 0.1) is 23.5 Å². The van der Waals surface area contributed by atoms with E-state index in [2.05, 4.69) is 5.10 Å². The standard InChI is InChI=1S/C34H31F4N3O4/c1-3-45-30-18-12-23(20-27(30)32(42)43)26-17-11-22(19-21(26)2)7-6-10-31-39-41(25-15-13-24(14-16-25)34(36,37)38)33(44)40(31)29-9-5-4-8-28(29)35/h4-5,8-9,11-20,33,44H,3,6-7,10H2,1-2H3,(H,42,43). The summed E-state index contributed by atoms with van der Waals surface area (Å²) in [6, 6.07) is 21.1. The Hall–Kier alpha value is -4.90. The van der Waals surface area contributed by atoms with E-state index in [0.29, 0.717) is 37.5 Å². The molecular weight excluding hydrogens is 590 g/mol. The van der Waals surface area contributed by atoms with Gasteiger partial charge < -0.3 is 14.9 Å². The summed E-state index contributed by atoms with van der Waals surface area (Å²) in [5, 5.41) is 26.5. The largest absolute Gasteiger partial charge is 0.493 e. The number of aromatic carboxylic acids is 1. The van der Waals surface area contributed by atoms with Gasteiger partial charge in [-0.05, 0) is 97.5 Å². The normalized spacial score (nSPS) is 14.9. The minimum Gasteiger partial charge on any atom is -0.493 e. The lowest BCUT2D eigenvalue weighted by Crippen LogP contribution is -2.42. The van der Waals surface area contributed by atoms with Crippen LogP contribution in [0.2, 0.25) is 0 Å². The number of amidine groups is 1. The number of para-hydroxylation sites is 1. The highest BCUT2D eigenvalue weighted by atomic mass is 19.4. The molecule has 4 aromatic rings. The maximum Gasteiger partial charge on any atom is 0.416 e. The highest BCUT2D eigenvalue weighted by molar-refractivity contribution is 6.01. The Labute approximate surface area is 257 Å². The third-order valence-electron chi connectivity index (χ3n) is 7.50. The average Bonchev–Trinajstić information content (AvgIpc) is 3.33. The summed E-state index contributed by atoms with van der Waals surface area (Å²) < 4.78 is 59.6. The number of aliphatic hydroxyl groups is 1. The zero-order valence-electron chi connectivity index (χ0n) is 24.6. The van der Waals surface area contributed by atoms with Crippen LogP contribution >= 0.6 is 0 Å². The molecule has 0 saturated carbocycles. The average molecular weight is 622 g/mol. The number of hydrazone groups is 1.